The zero-order chi connectivity index (χ0) is 18.7. The van der Waals surface area contributed by atoms with Crippen molar-refractivity contribution >= 4 is 34.1 Å². The number of methoxy groups -OCH3 is 1. The van der Waals surface area contributed by atoms with Crippen LogP contribution in [0.15, 0.2) is 30.5 Å². The summed E-state index contributed by atoms with van der Waals surface area (Å²) in [6, 6.07) is 7.52. The number of carbonyl (C=O) groups is 1. The predicted octanol–water partition coefficient (Wildman–Crippen LogP) is 2.54. The Labute approximate surface area is 155 Å². The van der Waals surface area contributed by atoms with Crippen LogP contribution < -0.4 is 16.2 Å². The lowest BCUT2D eigenvalue weighted by Crippen LogP contribution is -2.17. The number of anilines is 1. The molecule has 26 heavy (non-hydrogen) atoms. The van der Waals surface area contributed by atoms with E-state index < -0.39 is 5.91 Å². The van der Waals surface area contributed by atoms with Gasteiger partial charge in [0.2, 0.25) is 5.88 Å². The number of carbonyl (C=O) groups excluding carboxylic acids is 1. The van der Waals surface area contributed by atoms with Crippen LogP contribution in [-0.4, -0.2) is 28.2 Å². The lowest BCUT2D eigenvalue weighted by Gasteiger charge is -2.09. The fourth-order valence-corrected chi connectivity index (χ4v) is 3.09. The second-order valence-corrected chi connectivity index (χ2v) is 6.24. The number of hydrogen-bond donors (Lipinski definition) is 2. The molecule has 0 unspecified atom stereocenters. The summed E-state index contributed by atoms with van der Waals surface area (Å²) in [6.45, 7) is 0. The maximum atomic E-state index is 11.4. The number of fused-ring (bicyclic) bond motifs is 1. The van der Waals surface area contributed by atoms with Crippen molar-refractivity contribution in [2.45, 2.75) is 19.3 Å². The van der Waals surface area contributed by atoms with Gasteiger partial charge in [0.15, 0.2) is 5.69 Å². The minimum Gasteiger partial charge on any atom is -0.480 e. The number of nitrogens with two attached hydrogens (primary N) is 2. The van der Waals surface area contributed by atoms with Crippen LogP contribution in [0.5, 0.6) is 5.88 Å². The van der Waals surface area contributed by atoms with Gasteiger partial charge in [-0.1, -0.05) is 29.8 Å². The Hall–Kier alpha value is -2.93. The monoisotopic (exact) mass is 371 g/mol. The van der Waals surface area contributed by atoms with Crippen molar-refractivity contribution in [3.05, 3.63) is 52.3 Å². The molecule has 134 valence electrons. The summed E-state index contributed by atoms with van der Waals surface area (Å²) >= 11 is 6.10. The van der Waals surface area contributed by atoms with E-state index in [2.05, 4.69) is 15.2 Å². The number of hydrogen-bond acceptors (Lipinski definition) is 6. The molecule has 3 rings (SSSR count). The van der Waals surface area contributed by atoms with Gasteiger partial charge in [-0.15, -0.1) is 10.2 Å². The summed E-state index contributed by atoms with van der Waals surface area (Å²) in [7, 11) is 1.53. The molecule has 0 radical (unpaired) electrons. The first-order chi connectivity index (χ1) is 12.5. The summed E-state index contributed by atoms with van der Waals surface area (Å²) in [5.41, 5.74) is 14.3. The number of nitrogen functional groups attached to an aromatic ring is 1. The second-order valence-electron chi connectivity index (χ2n) is 5.83. The number of rotatable bonds is 6. The molecule has 0 aliphatic heterocycles. The van der Waals surface area contributed by atoms with Gasteiger partial charge in [-0.2, -0.15) is 0 Å². The van der Waals surface area contributed by atoms with Gasteiger partial charge in [-0.05, 0) is 36.5 Å². The van der Waals surface area contributed by atoms with Crippen LogP contribution in [0.4, 0.5) is 5.69 Å². The molecule has 8 heteroatoms. The predicted molar refractivity (Wildman–Crippen MR) is 100 cm³/mol. The maximum absolute atomic E-state index is 11.4. The molecule has 0 bridgehead atoms. The van der Waals surface area contributed by atoms with Crippen LogP contribution in [0.3, 0.4) is 0 Å². The number of aromatic nitrogens is 3. The van der Waals surface area contributed by atoms with Gasteiger partial charge in [0.25, 0.3) is 5.91 Å². The van der Waals surface area contributed by atoms with E-state index in [1.54, 1.807) is 6.20 Å². The molecule has 1 aromatic carbocycles. The van der Waals surface area contributed by atoms with Crippen molar-refractivity contribution in [1.82, 2.24) is 15.2 Å². The van der Waals surface area contributed by atoms with Crippen molar-refractivity contribution in [2.75, 3.05) is 12.8 Å². The molecule has 7 nitrogen and oxygen atoms in total. The summed E-state index contributed by atoms with van der Waals surface area (Å²) in [5, 5.41) is 9.19. The molecule has 2 heterocycles. The molecule has 0 atom stereocenters. The van der Waals surface area contributed by atoms with Crippen LogP contribution in [0.25, 0.3) is 10.9 Å². The fraction of sp³-hybridized carbons (Fsp3) is 0.222. The van der Waals surface area contributed by atoms with Crippen molar-refractivity contribution in [3.8, 4) is 5.88 Å². The Bertz CT molecular complexity index is 977. The first-order valence-corrected chi connectivity index (χ1v) is 8.41. The topological polar surface area (TPSA) is 117 Å². The number of nitrogens with zero attached hydrogens (tertiary/aromatic N) is 3. The normalized spacial score (nSPS) is 10.8. The third-order valence-electron chi connectivity index (χ3n) is 4.12. The molecule has 4 N–H and O–H groups in total. The van der Waals surface area contributed by atoms with E-state index in [1.807, 2.05) is 24.3 Å². The highest BCUT2D eigenvalue weighted by atomic mass is 35.5. The number of amides is 1. The van der Waals surface area contributed by atoms with E-state index in [0.29, 0.717) is 21.8 Å². The van der Waals surface area contributed by atoms with Crippen LogP contribution in [0.2, 0.25) is 5.02 Å². The van der Waals surface area contributed by atoms with Crippen molar-refractivity contribution in [2.24, 2.45) is 5.73 Å². The van der Waals surface area contributed by atoms with Crippen molar-refractivity contribution in [3.63, 3.8) is 0 Å². The average Bonchev–Trinajstić information content (AvgIpc) is 2.62. The minimum absolute atomic E-state index is 0.00593. The van der Waals surface area contributed by atoms with E-state index in [-0.39, 0.29) is 11.4 Å². The molecule has 0 saturated heterocycles. The smallest absolute Gasteiger partial charge is 0.271 e. The molecule has 3 aromatic rings. The molecule has 1 amide bonds. The Morgan fingerprint density at radius 3 is 2.77 bits per heavy atom. The molecular formula is C18H18ClN5O2. The number of ether oxygens (including phenoxy) is 1. The summed E-state index contributed by atoms with van der Waals surface area (Å²) in [5.74, 6) is -0.272. The van der Waals surface area contributed by atoms with Gasteiger partial charge in [-0.3, -0.25) is 4.79 Å². The Kier molecular flexibility index (Phi) is 5.18. The molecule has 0 aliphatic carbocycles. The van der Waals surface area contributed by atoms with Crippen molar-refractivity contribution < 1.29 is 9.53 Å². The second kappa shape index (κ2) is 7.53. The first kappa shape index (κ1) is 17.9. The number of aryl methyl sites for hydroxylation is 2. The van der Waals surface area contributed by atoms with Crippen LogP contribution in [-0.2, 0) is 12.8 Å². The number of pyridine rings is 1. The highest BCUT2D eigenvalue weighted by Crippen LogP contribution is 2.26. The third kappa shape index (κ3) is 3.52. The van der Waals surface area contributed by atoms with E-state index in [1.165, 1.54) is 7.11 Å². The van der Waals surface area contributed by atoms with Gasteiger partial charge >= 0.3 is 0 Å². The van der Waals surface area contributed by atoms with Gasteiger partial charge in [0.05, 0.1) is 18.3 Å². The average molecular weight is 372 g/mol. The Balaban J connectivity index is 1.78. The van der Waals surface area contributed by atoms with E-state index in [9.17, 15) is 4.79 Å². The number of primary amides is 1. The van der Waals surface area contributed by atoms with Crippen LogP contribution >= 0.6 is 11.6 Å². The highest BCUT2D eigenvalue weighted by Gasteiger charge is 2.14. The van der Waals surface area contributed by atoms with Crippen LogP contribution in [0.1, 0.15) is 28.0 Å². The highest BCUT2D eigenvalue weighted by molar-refractivity contribution is 6.31. The molecular weight excluding hydrogens is 354 g/mol. The van der Waals surface area contributed by atoms with Crippen molar-refractivity contribution in [1.29, 1.82) is 0 Å². The molecule has 2 aromatic heterocycles. The van der Waals surface area contributed by atoms with Gasteiger partial charge in [-0.25, -0.2) is 4.98 Å². The largest absolute Gasteiger partial charge is 0.480 e. The fourth-order valence-electron chi connectivity index (χ4n) is 2.83. The maximum Gasteiger partial charge on any atom is 0.271 e. The minimum atomic E-state index is -0.689. The Morgan fingerprint density at radius 2 is 2.08 bits per heavy atom. The third-order valence-corrected chi connectivity index (χ3v) is 4.39. The quantitative estimate of drug-likeness (QED) is 0.687. The first-order valence-electron chi connectivity index (χ1n) is 8.03. The van der Waals surface area contributed by atoms with E-state index in [4.69, 9.17) is 27.8 Å². The SMILES string of the molecule is COc1ncc(CCCc2cccc3c(N)c(C(N)=O)nnc23)cc1Cl. The lowest BCUT2D eigenvalue weighted by atomic mass is 10.0. The molecule has 0 spiro atoms. The van der Waals surface area contributed by atoms with E-state index in [0.717, 1.165) is 30.4 Å². The Morgan fingerprint density at radius 1 is 1.27 bits per heavy atom. The van der Waals surface area contributed by atoms with Gasteiger partial charge in [0, 0.05) is 11.6 Å². The molecule has 0 fully saturated rings. The zero-order valence-corrected chi connectivity index (χ0v) is 15.0. The van der Waals surface area contributed by atoms with E-state index >= 15 is 0 Å². The number of benzene rings is 1. The summed E-state index contributed by atoms with van der Waals surface area (Å²) in [6.07, 6.45) is 4.19. The zero-order valence-electron chi connectivity index (χ0n) is 14.2. The number of halogens is 1. The molecule has 0 saturated carbocycles. The van der Waals surface area contributed by atoms with Gasteiger partial charge in [0.1, 0.15) is 5.02 Å². The molecule has 0 aliphatic rings. The summed E-state index contributed by atoms with van der Waals surface area (Å²) < 4.78 is 5.06. The standard InChI is InChI=1S/C18H18ClN5O2/c1-26-18-13(19)8-10(9-22-18)4-2-5-11-6-3-7-12-14(20)16(17(21)25)24-23-15(11)12/h3,6-9H,2,4-5H2,1H3,(H2,20,23)(H2,21,25). The summed E-state index contributed by atoms with van der Waals surface area (Å²) in [4.78, 5) is 15.5. The van der Waals surface area contributed by atoms with Crippen LogP contribution in [0, 0.1) is 0 Å². The lowest BCUT2D eigenvalue weighted by molar-refractivity contribution is 0.0996. The van der Waals surface area contributed by atoms with Gasteiger partial charge < -0.3 is 16.2 Å².